The zero-order chi connectivity index (χ0) is 47.0. The molecule has 14 nitrogen and oxygen atoms in total. The highest BCUT2D eigenvalue weighted by atomic mass is 19.4. The van der Waals surface area contributed by atoms with Gasteiger partial charge >= 0.3 is 18.1 Å². The number of esters is 2. The van der Waals surface area contributed by atoms with Crippen LogP contribution in [0.25, 0.3) is 0 Å². The molecule has 0 radical (unpaired) electrons. The van der Waals surface area contributed by atoms with E-state index in [9.17, 15) is 43.2 Å². The first-order valence-electron chi connectivity index (χ1n) is 21.3. The zero-order valence-corrected chi connectivity index (χ0v) is 39.0. The van der Waals surface area contributed by atoms with Crippen LogP contribution in [0.5, 0.6) is 0 Å². The van der Waals surface area contributed by atoms with Crippen LogP contribution in [0.1, 0.15) is 117 Å². The molecule has 1 saturated carbocycles. The van der Waals surface area contributed by atoms with E-state index in [0.717, 1.165) is 5.57 Å². The second-order valence-electron chi connectivity index (χ2n) is 20.6. The summed E-state index contributed by atoms with van der Waals surface area (Å²) in [6, 6.07) is 0. The van der Waals surface area contributed by atoms with Crippen molar-refractivity contribution in [3.8, 4) is 0 Å². The van der Waals surface area contributed by atoms with Crippen molar-refractivity contribution in [1.29, 1.82) is 0 Å². The average molecular weight is 885 g/mol. The van der Waals surface area contributed by atoms with Gasteiger partial charge in [0.15, 0.2) is 18.8 Å². The van der Waals surface area contributed by atoms with Crippen LogP contribution >= 0.6 is 0 Å². The summed E-state index contributed by atoms with van der Waals surface area (Å²) in [5.41, 5.74) is -3.78. The summed E-state index contributed by atoms with van der Waals surface area (Å²) in [6.07, 6.45) is -18.8. The Balaban J connectivity index is 1.81. The van der Waals surface area contributed by atoms with Gasteiger partial charge in [0.2, 0.25) is 0 Å². The summed E-state index contributed by atoms with van der Waals surface area (Å²) in [6.45, 7) is 26.6. The van der Waals surface area contributed by atoms with Crippen LogP contribution < -0.4 is 0 Å². The third-order valence-electron chi connectivity index (χ3n) is 12.4. The van der Waals surface area contributed by atoms with Gasteiger partial charge < -0.3 is 58.3 Å². The predicted octanol–water partition coefficient (Wildman–Crippen LogP) is 5.22. The van der Waals surface area contributed by atoms with Gasteiger partial charge in [-0.2, -0.15) is 13.2 Å². The van der Waals surface area contributed by atoms with Crippen molar-refractivity contribution in [2.45, 2.75) is 213 Å². The van der Waals surface area contributed by atoms with Gasteiger partial charge in [-0.15, -0.1) is 0 Å². The number of halogens is 3. The fourth-order valence-corrected chi connectivity index (χ4v) is 8.04. The van der Waals surface area contributed by atoms with Crippen LogP contribution in [-0.4, -0.2) is 148 Å². The number of hydrogen-bond donors (Lipinski definition) is 4. The number of carbonyl (C=O) groups excluding carboxylic acids is 2. The fraction of sp³-hybridized carbons (Fsp3) is 0.909. The van der Waals surface area contributed by atoms with Gasteiger partial charge in [0.1, 0.15) is 48.8 Å². The van der Waals surface area contributed by atoms with Gasteiger partial charge in [-0.3, -0.25) is 0 Å². The van der Waals surface area contributed by atoms with E-state index in [0.29, 0.717) is 0 Å². The Morgan fingerprint density at radius 1 is 0.738 bits per heavy atom. The molecule has 2 saturated heterocycles. The van der Waals surface area contributed by atoms with Crippen molar-refractivity contribution in [1.82, 2.24) is 0 Å². The van der Waals surface area contributed by atoms with Crippen molar-refractivity contribution in [2.75, 3.05) is 19.8 Å². The highest BCUT2D eigenvalue weighted by molar-refractivity contribution is 5.76. The minimum atomic E-state index is -4.85. The smallest absolute Gasteiger partial charge is 0.422 e. The SMILES string of the molecule is CC(C)=CC1C(COC(=O)C2O[C@@H](C(C)(C)OCCC(C)(C)O[C@@H]3C(C(=O)OCC(F)(F)F)O[C@@H](C(C)(C)OC(C)C)[C@@H](O)[C@H]3O)[C@@H](O)[C@@H](O)[C@@H]2OC(C)(C)C(C)C)C1(C)C. The summed E-state index contributed by atoms with van der Waals surface area (Å²) in [5, 5.41) is 45.6. The van der Waals surface area contributed by atoms with E-state index in [1.54, 1.807) is 55.4 Å². The number of hydrogen-bond acceptors (Lipinski definition) is 14. The molecule has 0 spiro atoms. The lowest BCUT2D eigenvalue weighted by atomic mass is 9.85. The maximum absolute atomic E-state index is 13.9. The zero-order valence-electron chi connectivity index (χ0n) is 39.0. The van der Waals surface area contributed by atoms with Gasteiger partial charge in [0, 0.05) is 5.92 Å². The van der Waals surface area contributed by atoms with E-state index in [4.69, 9.17) is 33.2 Å². The largest absolute Gasteiger partial charge is 0.463 e. The maximum Gasteiger partial charge on any atom is 0.422 e. The highest BCUT2D eigenvalue weighted by Gasteiger charge is 2.59. The molecule has 0 aromatic carbocycles. The molecule has 61 heavy (non-hydrogen) atoms. The Hall–Kier alpha value is -1.93. The number of carbonyl (C=O) groups is 2. The quantitative estimate of drug-likeness (QED) is 0.0976. The molecule has 4 N–H and O–H groups in total. The third kappa shape index (κ3) is 13.6. The molecule has 356 valence electrons. The van der Waals surface area contributed by atoms with E-state index in [-0.39, 0.29) is 48.9 Å². The molecule has 3 rings (SSSR count). The van der Waals surface area contributed by atoms with Crippen molar-refractivity contribution < 1.29 is 81.1 Å². The monoisotopic (exact) mass is 885 g/mol. The maximum atomic E-state index is 13.9. The summed E-state index contributed by atoms with van der Waals surface area (Å²) < 4.78 is 86.4. The molecular formula is C44H75F3O14. The Kier molecular flexibility index (Phi) is 17.2. The minimum Gasteiger partial charge on any atom is -0.463 e. The molecule has 1 aliphatic carbocycles. The molecule has 3 fully saturated rings. The van der Waals surface area contributed by atoms with Crippen molar-refractivity contribution >= 4 is 11.9 Å². The van der Waals surface area contributed by atoms with Gasteiger partial charge in [0.05, 0.1) is 41.7 Å². The predicted molar refractivity (Wildman–Crippen MR) is 217 cm³/mol. The number of ether oxygens (including phenoxy) is 8. The third-order valence-corrected chi connectivity index (χ3v) is 12.4. The molecule has 12 atom stereocenters. The van der Waals surface area contributed by atoms with Crippen molar-refractivity contribution in [2.24, 2.45) is 23.2 Å². The molecule has 2 aliphatic heterocycles. The van der Waals surface area contributed by atoms with E-state index in [2.05, 4.69) is 24.7 Å². The molecule has 2 heterocycles. The Bertz CT molecular complexity index is 1500. The van der Waals surface area contributed by atoms with E-state index >= 15 is 0 Å². The second kappa shape index (κ2) is 19.7. The summed E-state index contributed by atoms with van der Waals surface area (Å²) >= 11 is 0. The lowest BCUT2D eigenvalue weighted by Gasteiger charge is -2.49. The van der Waals surface area contributed by atoms with Crippen LogP contribution in [0, 0.1) is 23.2 Å². The number of aliphatic hydroxyl groups excluding tert-OH is 4. The number of alkyl halides is 3. The fourth-order valence-electron chi connectivity index (χ4n) is 8.04. The summed E-state index contributed by atoms with van der Waals surface area (Å²) in [7, 11) is 0. The molecule has 17 heteroatoms. The summed E-state index contributed by atoms with van der Waals surface area (Å²) in [5.74, 6) is -1.99. The van der Waals surface area contributed by atoms with E-state index in [1.165, 1.54) is 0 Å². The molecule has 0 aromatic heterocycles. The standard InChI is InChI=1S/C44H75F3O14/c1-22(2)19-25-26(40(25,9)10)20-54-37(52)34-32(61-41(11,12)23(3)4)28(49)29(50)35(57-34)42(13,14)56-18-17-39(7,8)60-31-27(48)30(51)36(43(15,16)59-24(5)6)58-33(31)38(53)55-21-44(45,46)47/h19,23-36,48-51H,17-18,20-21H2,1-16H3/t25?,26?,27-,28-,29+,30+,31+,32+,33?,34?,35-,36-/m1/s1. The van der Waals surface area contributed by atoms with Gasteiger partial charge in [-0.25, -0.2) is 9.59 Å². The number of aliphatic hydroxyl groups is 4. The van der Waals surface area contributed by atoms with E-state index < -0.39 is 108 Å². The summed E-state index contributed by atoms with van der Waals surface area (Å²) in [4.78, 5) is 27.0. The first kappa shape index (κ1) is 53.4. The van der Waals surface area contributed by atoms with Crippen LogP contribution in [0.3, 0.4) is 0 Å². The van der Waals surface area contributed by atoms with Crippen LogP contribution in [0.4, 0.5) is 13.2 Å². The molecule has 4 unspecified atom stereocenters. The highest BCUT2D eigenvalue weighted by Crippen LogP contribution is 2.59. The van der Waals surface area contributed by atoms with Crippen molar-refractivity contribution in [3.05, 3.63) is 11.6 Å². The molecule has 0 aromatic rings. The molecule has 3 aliphatic rings. The topological polar surface area (TPSA) is 189 Å². The number of allylic oxidation sites excluding steroid dienone is 2. The molecular weight excluding hydrogens is 809 g/mol. The lowest BCUT2D eigenvalue weighted by Crippen LogP contribution is -2.67. The Morgan fingerprint density at radius 2 is 1.21 bits per heavy atom. The van der Waals surface area contributed by atoms with Crippen LogP contribution in [0.2, 0.25) is 0 Å². The normalized spacial score (nSPS) is 32.5. The average Bonchev–Trinajstić information content (AvgIpc) is 3.61. The molecule has 0 amide bonds. The first-order valence-corrected chi connectivity index (χ1v) is 21.3. The van der Waals surface area contributed by atoms with Gasteiger partial charge in [0.25, 0.3) is 0 Å². The minimum absolute atomic E-state index is 0.0145. The Labute approximate surface area is 360 Å². The lowest BCUT2D eigenvalue weighted by molar-refractivity contribution is -0.297. The van der Waals surface area contributed by atoms with Crippen molar-refractivity contribution in [3.63, 3.8) is 0 Å². The second-order valence-corrected chi connectivity index (χ2v) is 20.6. The van der Waals surface area contributed by atoms with Crippen LogP contribution in [-0.2, 0) is 47.5 Å². The van der Waals surface area contributed by atoms with Crippen LogP contribution in [0.15, 0.2) is 11.6 Å². The van der Waals surface area contributed by atoms with Gasteiger partial charge in [-0.05, 0) is 107 Å². The first-order chi connectivity index (χ1) is 27.6. The Morgan fingerprint density at radius 3 is 1.67 bits per heavy atom. The van der Waals surface area contributed by atoms with Gasteiger partial charge in [-0.1, -0.05) is 39.3 Å². The molecule has 0 bridgehead atoms. The number of rotatable bonds is 19. The van der Waals surface area contributed by atoms with E-state index in [1.807, 2.05) is 41.5 Å².